The lowest BCUT2D eigenvalue weighted by Gasteiger charge is -2.08. The van der Waals surface area contributed by atoms with Crippen molar-refractivity contribution in [3.8, 4) is 5.75 Å². The molecule has 0 saturated heterocycles. The van der Waals surface area contributed by atoms with Crippen LogP contribution in [0.15, 0.2) is 29.2 Å². The molecule has 0 aliphatic heterocycles. The lowest BCUT2D eigenvalue weighted by Crippen LogP contribution is -2.13. The van der Waals surface area contributed by atoms with Crippen molar-refractivity contribution in [1.82, 2.24) is 0 Å². The first-order valence-electron chi connectivity index (χ1n) is 6.36. The lowest BCUT2D eigenvalue weighted by atomic mass is 10.2. The molecule has 0 aliphatic rings. The van der Waals surface area contributed by atoms with Crippen molar-refractivity contribution in [2.75, 3.05) is 6.61 Å². The molecule has 112 valence electrons. The van der Waals surface area contributed by atoms with Crippen LogP contribution < -0.4 is 4.74 Å². The minimum Gasteiger partial charge on any atom is -0.434 e. The molecule has 7 heteroatoms. The van der Waals surface area contributed by atoms with Gasteiger partial charge in [0.25, 0.3) is 10.1 Å². The Labute approximate surface area is 118 Å². The Bertz CT molecular complexity index is 538. The van der Waals surface area contributed by atoms with Crippen LogP contribution in [0.1, 0.15) is 32.6 Å². The highest BCUT2D eigenvalue weighted by molar-refractivity contribution is 7.86. The van der Waals surface area contributed by atoms with Crippen molar-refractivity contribution in [1.29, 1.82) is 0 Å². The molecule has 20 heavy (non-hydrogen) atoms. The van der Waals surface area contributed by atoms with Gasteiger partial charge >= 0.3 is 6.16 Å². The zero-order valence-corrected chi connectivity index (χ0v) is 12.1. The first-order valence-corrected chi connectivity index (χ1v) is 7.80. The number of carbonyl (C=O) groups is 1. The van der Waals surface area contributed by atoms with Gasteiger partial charge in [0.05, 0.1) is 6.61 Å². The molecule has 1 aromatic carbocycles. The monoisotopic (exact) mass is 302 g/mol. The van der Waals surface area contributed by atoms with Gasteiger partial charge in [-0.05, 0) is 18.6 Å². The molecule has 6 nitrogen and oxygen atoms in total. The molecule has 0 unspecified atom stereocenters. The van der Waals surface area contributed by atoms with E-state index in [1.54, 1.807) is 0 Å². The Morgan fingerprint density at radius 3 is 2.55 bits per heavy atom. The van der Waals surface area contributed by atoms with E-state index >= 15 is 0 Å². The smallest absolute Gasteiger partial charge is 0.434 e. The lowest BCUT2D eigenvalue weighted by molar-refractivity contribution is 0.0963. The summed E-state index contributed by atoms with van der Waals surface area (Å²) in [5.74, 6) is -0.256. The summed E-state index contributed by atoms with van der Waals surface area (Å²) >= 11 is 0. The summed E-state index contributed by atoms with van der Waals surface area (Å²) in [6.07, 6.45) is 2.82. The normalized spacial score (nSPS) is 11.1. The number of rotatable bonds is 7. The third-order valence-electron chi connectivity index (χ3n) is 2.54. The highest BCUT2D eigenvalue weighted by atomic mass is 32.2. The van der Waals surface area contributed by atoms with E-state index < -0.39 is 21.2 Å². The predicted molar refractivity (Wildman–Crippen MR) is 72.4 cm³/mol. The van der Waals surface area contributed by atoms with E-state index in [9.17, 15) is 13.2 Å². The molecule has 0 aromatic heterocycles. The largest absolute Gasteiger partial charge is 0.513 e. The molecule has 0 spiro atoms. The summed E-state index contributed by atoms with van der Waals surface area (Å²) in [5.41, 5.74) is 0. The Kier molecular flexibility index (Phi) is 6.47. The van der Waals surface area contributed by atoms with Crippen molar-refractivity contribution < 1.29 is 27.2 Å². The zero-order chi connectivity index (χ0) is 15.0. The number of hydrogen-bond acceptors (Lipinski definition) is 5. The van der Waals surface area contributed by atoms with Crippen LogP contribution in [-0.4, -0.2) is 25.7 Å². The van der Waals surface area contributed by atoms with E-state index in [0.29, 0.717) is 0 Å². The molecule has 1 rings (SSSR count). The zero-order valence-electron chi connectivity index (χ0n) is 11.2. The summed E-state index contributed by atoms with van der Waals surface area (Å²) in [7, 11) is -4.44. The third-order valence-corrected chi connectivity index (χ3v) is 3.43. The van der Waals surface area contributed by atoms with E-state index in [1.165, 1.54) is 18.2 Å². The molecule has 0 bridgehead atoms. The molecule has 0 amide bonds. The van der Waals surface area contributed by atoms with Crippen LogP contribution in [0.25, 0.3) is 0 Å². The third kappa shape index (κ3) is 5.58. The van der Waals surface area contributed by atoms with Gasteiger partial charge in [0.2, 0.25) is 0 Å². The van der Waals surface area contributed by atoms with Crippen molar-refractivity contribution in [3.05, 3.63) is 24.3 Å². The number of carbonyl (C=O) groups excluding carboxylic acids is 1. The molecule has 0 fully saturated rings. The standard InChI is InChI=1S/C13H18O6S/c1-2-3-4-7-10-18-13(14)19-11-8-5-6-9-12(11)20(15,16)17/h5-6,8-9H,2-4,7,10H2,1H3,(H,15,16,17). The quantitative estimate of drug-likeness (QED) is 0.360. The Morgan fingerprint density at radius 1 is 1.20 bits per heavy atom. The van der Waals surface area contributed by atoms with E-state index in [0.717, 1.165) is 31.7 Å². The molecule has 0 atom stereocenters. The highest BCUT2D eigenvalue weighted by Crippen LogP contribution is 2.23. The first-order chi connectivity index (χ1) is 9.45. The van der Waals surface area contributed by atoms with Crippen LogP contribution in [0.2, 0.25) is 0 Å². The van der Waals surface area contributed by atoms with Crippen molar-refractivity contribution in [2.45, 2.75) is 37.5 Å². The van der Waals surface area contributed by atoms with Crippen LogP contribution in [0, 0.1) is 0 Å². The average molecular weight is 302 g/mol. The van der Waals surface area contributed by atoms with Crippen LogP contribution in [0.3, 0.4) is 0 Å². The van der Waals surface area contributed by atoms with Crippen molar-refractivity contribution in [3.63, 3.8) is 0 Å². The summed E-state index contributed by atoms with van der Waals surface area (Å²) in [4.78, 5) is 10.9. The number of para-hydroxylation sites is 1. The van der Waals surface area contributed by atoms with E-state index in [4.69, 9.17) is 14.0 Å². The first kappa shape index (κ1) is 16.5. The molecule has 0 aliphatic carbocycles. The molecule has 1 aromatic rings. The van der Waals surface area contributed by atoms with Gasteiger partial charge in [-0.1, -0.05) is 38.3 Å². The predicted octanol–water partition coefficient (Wildman–Crippen LogP) is 3.03. The van der Waals surface area contributed by atoms with Gasteiger partial charge < -0.3 is 9.47 Å². The molecular weight excluding hydrogens is 284 g/mol. The Balaban J connectivity index is 2.54. The summed E-state index contributed by atoms with van der Waals surface area (Å²) in [5, 5.41) is 0. The SMILES string of the molecule is CCCCCCOC(=O)Oc1ccccc1S(=O)(=O)O. The van der Waals surface area contributed by atoms with Crippen LogP contribution in [-0.2, 0) is 14.9 Å². The van der Waals surface area contributed by atoms with E-state index in [1.807, 2.05) is 0 Å². The van der Waals surface area contributed by atoms with Crippen molar-refractivity contribution >= 4 is 16.3 Å². The molecule has 1 N–H and O–H groups in total. The van der Waals surface area contributed by atoms with Crippen LogP contribution in [0.5, 0.6) is 5.75 Å². The van der Waals surface area contributed by atoms with Gasteiger partial charge in [-0.25, -0.2) is 4.79 Å². The number of benzene rings is 1. The number of hydrogen-bond donors (Lipinski definition) is 1. The second kappa shape index (κ2) is 7.86. The van der Waals surface area contributed by atoms with Crippen molar-refractivity contribution in [2.24, 2.45) is 0 Å². The second-order valence-corrected chi connectivity index (χ2v) is 5.57. The van der Waals surface area contributed by atoms with E-state index in [-0.39, 0.29) is 12.4 Å². The van der Waals surface area contributed by atoms with Gasteiger partial charge in [-0.15, -0.1) is 0 Å². The fourth-order valence-electron chi connectivity index (χ4n) is 1.55. The summed E-state index contributed by atoms with van der Waals surface area (Å²) in [6, 6.07) is 5.30. The maximum absolute atomic E-state index is 11.4. The minimum absolute atomic E-state index is 0.215. The Morgan fingerprint density at radius 2 is 1.90 bits per heavy atom. The minimum atomic E-state index is -4.44. The van der Waals surface area contributed by atoms with Gasteiger partial charge in [-0.3, -0.25) is 4.55 Å². The van der Waals surface area contributed by atoms with Crippen LogP contribution in [0.4, 0.5) is 4.79 Å². The summed E-state index contributed by atoms with van der Waals surface area (Å²) < 4.78 is 40.8. The molecular formula is C13H18O6S. The maximum Gasteiger partial charge on any atom is 0.513 e. The van der Waals surface area contributed by atoms with Gasteiger partial charge in [0, 0.05) is 0 Å². The van der Waals surface area contributed by atoms with Crippen LogP contribution >= 0.6 is 0 Å². The van der Waals surface area contributed by atoms with Gasteiger partial charge in [0.1, 0.15) is 4.90 Å². The fourth-order valence-corrected chi connectivity index (χ4v) is 2.17. The number of unbranched alkanes of at least 4 members (excludes halogenated alkanes) is 3. The second-order valence-electron chi connectivity index (χ2n) is 4.18. The molecule has 0 saturated carbocycles. The summed E-state index contributed by atoms with van der Waals surface area (Å²) in [6.45, 7) is 2.29. The molecule has 0 heterocycles. The Hall–Kier alpha value is -1.60. The molecule has 0 radical (unpaired) electrons. The highest BCUT2D eigenvalue weighted by Gasteiger charge is 2.18. The fraction of sp³-hybridized carbons (Fsp3) is 0.462. The van der Waals surface area contributed by atoms with Gasteiger partial charge in [-0.2, -0.15) is 8.42 Å². The van der Waals surface area contributed by atoms with Gasteiger partial charge in [0.15, 0.2) is 5.75 Å². The number of ether oxygens (including phenoxy) is 2. The van der Waals surface area contributed by atoms with E-state index in [2.05, 4.69) is 6.92 Å². The maximum atomic E-state index is 11.4. The topological polar surface area (TPSA) is 89.9 Å². The average Bonchev–Trinajstić information content (AvgIpc) is 2.38.